The van der Waals surface area contributed by atoms with Crippen LogP contribution in [0.4, 0.5) is 0 Å². The van der Waals surface area contributed by atoms with E-state index in [9.17, 15) is 14.4 Å². The lowest BCUT2D eigenvalue weighted by Gasteiger charge is -2.29. The van der Waals surface area contributed by atoms with Gasteiger partial charge >= 0.3 is 0 Å². The van der Waals surface area contributed by atoms with Gasteiger partial charge in [-0.15, -0.1) is 0 Å². The topological polar surface area (TPSA) is 70.8 Å². The predicted molar refractivity (Wildman–Crippen MR) is 88.8 cm³/mol. The van der Waals surface area contributed by atoms with Crippen LogP contribution in [-0.2, 0) is 4.79 Å². The van der Waals surface area contributed by atoms with E-state index in [4.69, 9.17) is 4.42 Å². The fourth-order valence-corrected chi connectivity index (χ4v) is 3.35. The number of benzene rings is 1. The number of carbonyl (C=O) groups excluding carboxylic acids is 3. The highest BCUT2D eigenvalue weighted by atomic mass is 16.3. The maximum Gasteiger partial charge on any atom is 0.262 e. The van der Waals surface area contributed by atoms with E-state index in [-0.39, 0.29) is 24.5 Å². The van der Waals surface area contributed by atoms with Crippen molar-refractivity contribution in [3.63, 3.8) is 0 Å². The summed E-state index contributed by atoms with van der Waals surface area (Å²) in [5.74, 6) is -0.353. The minimum absolute atomic E-state index is 0.141. The third kappa shape index (κ3) is 2.63. The Labute approximate surface area is 145 Å². The third-order valence-corrected chi connectivity index (χ3v) is 4.77. The second-order valence-corrected chi connectivity index (χ2v) is 6.47. The van der Waals surface area contributed by atoms with Gasteiger partial charge in [0.15, 0.2) is 0 Å². The van der Waals surface area contributed by atoms with Gasteiger partial charge in [0.25, 0.3) is 11.8 Å². The Bertz CT molecular complexity index is 804. The minimum atomic E-state index is -0.407. The Kier molecular flexibility index (Phi) is 3.67. The molecule has 0 radical (unpaired) electrons. The summed E-state index contributed by atoms with van der Waals surface area (Å²) in [6, 6.07) is 10.2. The molecule has 1 aliphatic carbocycles. The normalized spacial score (nSPS) is 17.6. The Balaban J connectivity index is 1.55. The van der Waals surface area contributed by atoms with Crippen LogP contribution in [0.3, 0.4) is 0 Å². The molecule has 1 unspecified atom stereocenters. The van der Waals surface area contributed by atoms with Crippen molar-refractivity contribution in [1.82, 2.24) is 9.80 Å². The third-order valence-electron chi connectivity index (χ3n) is 4.77. The van der Waals surface area contributed by atoms with Gasteiger partial charge in [-0.05, 0) is 44.0 Å². The first-order chi connectivity index (χ1) is 12.1. The van der Waals surface area contributed by atoms with Crippen LogP contribution >= 0.6 is 0 Å². The SMILES string of the molecule is CC(c1ccco1)N(C(=O)CN1C(=O)c2ccccc2C1=O)C1CC1. The van der Waals surface area contributed by atoms with E-state index in [1.807, 2.05) is 13.0 Å². The van der Waals surface area contributed by atoms with Gasteiger partial charge in [-0.1, -0.05) is 12.1 Å². The zero-order valence-electron chi connectivity index (χ0n) is 13.8. The highest BCUT2D eigenvalue weighted by Gasteiger charge is 2.41. The first kappa shape index (κ1) is 15.6. The second kappa shape index (κ2) is 5.88. The molecule has 6 nitrogen and oxygen atoms in total. The number of hydrogen-bond acceptors (Lipinski definition) is 4. The first-order valence-electron chi connectivity index (χ1n) is 8.37. The van der Waals surface area contributed by atoms with Crippen LogP contribution < -0.4 is 0 Å². The van der Waals surface area contributed by atoms with Crippen LogP contribution in [0.15, 0.2) is 47.1 Å². The molecule has 1 fully saturated rings. The molecule has 1 aromatic carbocycles. The lowest BCUT2D eigenvalue weighted by atomic mass is 10.1. The maximum absolute atomic E-state index is 12.9. The largest absolute Gasteiger partial charge is 0.467 e. The number of nitrogens with zero attached hydrogens (tertiary/aromatic N) is 2. The van der Waals surface area contributed by atoms with Gasteiger partial charge in [0.2, 0.25) is 5.91 Å². The molecule has 0 saturated heterocycles. The number of fused-ring (bicyclic) bond motifs is 1. The molecule has 0 N–H and O–H groups in total. The van der Waals surface area contributed by atoms with Crippen LogP contribution in [0.25, 0.3) is 0 Å². The molecule has 128 valence electrons. The highest BCUT2D eigenvalue weighted by Crippen LogP contribution is 2.35. The van der Waals surface area contributed by atoms with E-state index in [2.05, 4.69) is 0 Å². The Morgan fingerprint density at radius 1 is 1.16 bits per heavy atom. The fraction of sp³-hybridized carbons (Fsp3) is 0.316. The second-order valence-electron chi connectivity index (χ2n) is 6.47. The summed E-state index contributed by atoms with van der Waals surface area (Å²) in [7, 11) is 0. The molecule has 1 atom stereocenters. The molecule has 3 amide bonds. The average molecular weight is 338 g/mol. The molecule has 0 bridgehead atoms. The van der Waals surface area contributed by atoms with Gasteiger partial charge in [0, 0.05) is 6.04 Å². The number of rotatable bonds is 5. The Morgan fingerprint density at radius 2 is 1.80 bits per heavy atom. The van der Waals surface area contributed by atoms with Crippen molar-refractivity contribution < 1.29 is 18.8 Å². The number of furan rings is 1. The standard InChI is InChI=1S/C19H18N2O4/c1-12(16-7-4-10-25-16)21(13-8-9-13)17(22)11-20-18(23)14-5-2-3-6-15(14)19(20)24/h2-7,10,12-13H,8-9,11H2,1H3. The number of hydrogen-bond donors (Lipinski definition) is 0. The molecular formula is C19H18N2O4. The lowest BCUT2D eigenvalue weighted by molar-refractivity contribution is -0.134. The summed E-state index contributed by atoms with van der Waals surface area (Å²) in [6.45, 7) is 1.66. The number of amides is 3. The molecule has 4 rings (SSSR count). The highest BCUT2D eigenvalue weighted by molar-refractivity contribution is 6.22. The minimum Gasteiger partial charge on any atom is -0.467 e. The van der Waals surface area contributed by atoms with Gasteiger partial charge in [-0.3, -0.25) is 19.3 Å². The Morgan fingerprint density at radius 3 is 2.32 bits per heavy atom. The van der Waals surface area contributed by atoms with E-state index in [0.717, 1.165) is 17.7 Å². The average Bonchev–Trinajstić information content (AvgIpc) is 3.22. The van der Waals surface area contributed by atoms with Crippen molar-refractivity contribution in [2.45, 2.75) is 31.8 Å². The van der Waals surface area contributed by atoms with Crippen molar-refractivity contribution in [3.05, 3.63) is 59.5 Å². The first-order valence-corrected chi connectivity index (χ1v) is 8.37. The van der Waals surface area contributed by atoms with Gasteiger partial charge in [0.05, 0.1) is 23.4 Å². The van der Waals surface area contributed by atoms with Crippen LogP contribution in [0.5, 0.6) is 0 Å². The quantitative estimate of drug-likeness (QED) is 0.786. The van der Waals surface area contributed by atoms with E-state index >= 15 is 0 Å². The summed E-state index contributed by atoms with van der Waals surface area (Å²) >= 11 is 0. The van der Waals surface area contributed by atoms with Crippen molar-refractivity contribution >= 4 is 17.7 Å². The molecule has 6 heteroatoms. The maximum atomic E-state index is 12.9. The molecule has 1 aromatic heterocycles. The molecule has 25 heavy (non-hydrogen) atoms. The smallest absolute Gasteiger partial charge is 0.262 e. The molecule has 2 heterocycles. The fourth-order valence-electron chi connectivity index (χ4n) is 3.35. The summed E-state index contributed by atoms with van der Waals surface area (Å²) in [6.07, 6.45) is 3.43. The van der Waals surface area contributed by atoms with Crippen molar-refractivity contribution in [1.29, 1.82) is 0 Å². The Hall–Kier alpha value is -2.89. The number of carbonyl (C=O) groups is 3. The zero-order valence-corrected chi connectivity index (χ0v) is 13.8. The van der Waals surface area contributed by atoms with Gasteiger partial charge in [-0.2, -0.15) is 0 Å². The van der Waals surface area contributed by atoms with Gasteiger partial charge in [-0.25, -0.2) is 0 Å². The van der Waals surface area contributed by atoms with Crippen LogP contribution in [-0.4, -0.2) is 40.1 Å². The van der Waals surface area contributed by atoms with E-state index in [1.165, 1.54) is 0 Å². The summed E-state index contributed by atoms with van der Waals surface area (Å²) in [4.78, 5) is 40.6. The molecule has 2 aliphatic rings. The molecule has 1 saturated carbocycles. The predicted octanol–water partition coefficient (Wildman–Crippen LogP) is 2.63. The number of imide groups is 1. The monoisotopic (exact) mass is 338 g/mol. The van der Waals surface area contributed by atoms with E-state index < -0.39 is 11.8 Å². The zero-order chi connectivity index (χ0) is 17.6. The summed E-state index contributed by atoms with van der Waals surface area (Å²) in [5, 5.41) is 0. The van der Waals surface area contributed by atoms with Crippen molar-refractivity contribution in [3.8, 4) is 0 Å². The van der Waals surface area contributed by atoms with Gasteiger partial charge < -0.3 is 9.32 Å². The summed E-state index contributed by atoms with van der Waals surface area (Å²) in [5.41, 5.74) is 0.717. The van der Waals surface area contributed by atoms with Crippen LogP contribution in [0.1, 0.15) is 52.3 Å². The van der Waals surface area contributed by atoms with Crippen LogP contribution in [0, 0.1) is 0 Å². The van der Waals surface area contributed by atoms with E-state index in [1.54, 1.807) is 41.5 Å². The molecule has 1 aliphatic heterocycles. The lowest BCUT2D eigenvalue weighted by Crippen LogP contribution is -2.44. The molecule has 2 aromatic rings. The van der Waals surface area contributed by atoms with Crippen molar-refractivity contribution in [2.75, 3.05) is 6.54 Å². The van der Waals surface area contributed by atoms with E-state index in [0.29, 0.717) is 16.9 Å². The molecule has 0 spiro atoms. The molecular weight excluding hydrogens is 320 g/mol. The van der Waals surface area contributed by atoms with Gasteiger partial charge in [0.1, 0.15) is 12.3 Å². The van der Waals surface area contributed by atoms with Crippen LogP contribution in [0.2, 0.25) is 0 Å². The van der Waals surface area contributed by atoms with Crippen molar-refractivity contribution in [2.24, 2.45) is 0 Å². The summed E-state index contributed by atoms with van der Waals surface area (Å²) < 4.78 is 5.43.